The molecule has 2 atom stereocenters. The molecule has 124 valence electrons. The molecule has 0 amide bonds. The fourth-order valence-corrected chi connectivity index (χ4v) is 2.18. The Balaban J connectivity index is 4.89. The van der Waals surface area contributed by atoms with Gasteiger partial charge in [-0.2, -0.15) is 0 Å². The van der Waals surface area contributed by atoms with E-state index in [1.165, 1.54) is 6.08 Å². The smallest absolute Gasteiger partial charge is 0.348 e. The van der Waals surface area contributed by atoms with Crippen molar-refractivity contribution in [2.45, 2.75) is 79.8 Å². The average molecular weight is 300 g/mol. The van der Waals surface area contributed by atoms with Crippen LogP contribution in [-0.4, -0.2) is 18.2 Å². The van der Waals surface area contributed by atoms with Crippen molar-refractivity contribution in [3.8, 4) is 0 Å². The molecule has 0 aromatic rings. The molecule has 2 nitrogen and oxygen atoms in total. The molecule has 0 spiro atoms. The second-order valence-electron chi connectivity index (χ2n) is 7.20. The summed E-state index contributed by atoms with van der Waals surface area (Å²) in [7, 11) is 0. The van der Waals surface area contributed by atoms with Crippen molar-refractivity contribution in [2.24, 2.45) is 11.3 Å². The van der Waals surface area contributed by atoms with Crippen molar-refractivity contribution in [2.75, 3.05) is 6.61 Å². The van der Waals surface area contributed by atoms with E-state index in [-0.39, 0.29) is 0 Å². The van der Waals surface area contributed by atoms with Crippen LogP contribution >= 0.6 is 0 Å². The van der Waals surface area contributed by atoms with Crippen molar-refractivity contribution in [3.05, 3.63) is 11.6 Å². The van der Waals surface area contributed by atoms with Crippen molar-refractivity contribution in [3.63, 3.8) is 0 Å². The fraction of sp³-hybridized carbons (Fsp3) is 0.833. The Hall–Kier alpha value is -0.860. The normalized spacial score (nSPS) is 16.0. The number of hydrogen-bond donors (Lipinski definition) is 0. The van der Waals surface area contributed by atoms with Gasteiger partial charge in [0.05, 0.1) is 6.61 Å². The Morgan fingerprint density at radius 1 is 1.24 bits per heavy atom. The van der Waals surface area contributed by atoms with Gasteiger partial charge in [0.15, 0.2) is 0 Å². The van der Waals surface area contributed by atoms with Gasteiger partial charge in [-0.05, 0) is 32.3 Å². The molecule has 0 radical (unpaired) electrons. The van der Waals surface area contributed by atoms with E-state index in [1.807, 2.05) is 0 Å². The lowest BCUT2D eigenvalue weighted by atomic mass is 9.77. The van der Waals surface area contributed by atoms with Gasteiger partial charge >= 0.3 is 5.97 Å². The first kappa shape index (κ1) is 20.1. The van der Waals surface area contributed by atoms with Gasteiger partial charge in [0.2, 0.25) is 5.67 Å². The molecule has 21 heavy (non-hydrogen) atoms. The number of halogens is 1. The lowest BCUT2D eigenvalue weighted by Gasteiger charge is -2.34. The molecular formula is C18H33FO2. The predicted molar refractivity (Wildman–Crippen MR) is 87.0 cm³/mol. The van der Waals surface area contributed by atoms with Crippen LogP contribution in [0.25, 0.3) is 0 Å². The van der Waals surface area contributed by atoms with Crippen molar-refractivity contribution < 1.29 is 13.9 Å². The number of carbonyl (C=O) groups excluding carboxylic acids is 1. The minimum Gasteiger partial charge on any atom is -0.463 e. The van der Waals surface area contributed by atoms with Crippen LogP contribution in [0.4, 0.5) is 4.39 Å². The summed E-state index contributed by atoms with van der Waals surface area (Å²) in [4.78, 5) is 12.3. The predicted octanol–water partition coefficient (Wildman–Crippen LogP) is 5.47. The fourth-order valence-electron chi connectivity index (χ4n) is 2.18. The van der Waals surface area contributed by atoms with Crippen LogP contribution in [0.15, 0.2) is 11.6 Å². The van der Waals surface area contributed by atoms with Crippen LogP contribution in [0.3, 0.4) is 0 Å². The van der Waals surface area contributed by atoms with Gasteiger partial charge in [0.1, 0.15) is 0 Å². The third-order valence-corrected chi connectivity index (χ3v) is 3.87. The standard InChI is InChI=1S/C18H33FO2/c1-8-10-11-15(9-2)13-21-16(20)18(19,12-14(3)4)17(5,6)7/h12,15H,8-11,13H2,1-7H3. The highest BCUT2D eigenvalue weighted by molar-refractivity contribution is 5.83. The third kappa shape index (κ3) is 6.19. The van der Waals surface area contributed by atoms with E-state index in [0.717, 1.165) is 31.3 Å². The molecule has 3 heteroatoms. The number of alkyl halides is 1. The van der Waals surface area contributed by atoms with Crippen molar-refractivity contribution in [1.29, 1.82) is 0 Å². The molecular weight excluding hydrogens is 267 g/mol. The Labute approximate surface area is 130 Å². The molecule has 0 aromatic heterocycles. The van der Waals surface area contributed by atoms with Gasteiger partial charge < -0.3 is 4.74 Å². The zero-order valence-corrected chi connectivity index (χ0v) is 14.9. The number of allylic oxidation sites excluding steroid dienone is 1. The SMILES string of the molecule is CCCCC(CC)COC(=O)C(F)(C=C(C)C)C(C)(C)C. The first-order valence-electron chi connectivity index (χ1n) is 8.10. The Kier molecular flexibility index (Phi) is 8.20. The minimum atomic E-state index is -2.07. The zero-order valence-electron chi connectivity index (χ0n) is 14.9. The highest BCUT2D eigenvalue weighted by Crippen LogP contribution is 2.37. The van der Waals surface area contributed by atoms with E-state index in [4.69, 9.17) is 4.74 Å². The number of hydrogen-bond acceptors (Lipinski definition) is 2. The highest BCUT2D eigenvalue weighted by Gasteiger charge is 2.49. The lowest BCUT2D eigenvalue weighted by Crippen LogP contribution is -2.46. The maximum Gasteiger partial charge on any atom is 0.348 e. The monoisotopic (exact) mass is 300 g/mol. The third-order valence-electron chi connectivity index (χ3n) is 3.87. The Morgan fingerprint density at radius 2 is 1.81 bits per heavy atom. The van der Waals surface area contributed by atoms with E-state index < -0.39 is 17.1 Å². The first-order valence-corrected chi connectivity index (χ1v) is 8.10. The van der Waals surface area contributed by atoms with E-state index in [1.54, 1.807) is 34.6 Å². The number of unbranched alkanes of at least 4 members (excludes halogenated alkanes) is 1. The van der Waals surface area contributed by atoms with Crippen LogP contribution < -0.4 is 0 Å². The minimum absolute atomic E-state index is 0.313. The molecule has 0 saturated carbocycles. The maximum atomic E-state index is 15.2. The summed E-state index contributed by atoms with van der Waals surface area (Å²) in [6, 6.07) is 0. The van der Waals surface area contributed by atoms with E-state index >= 15 is 4.39 Å². The number of carbonyl (C=O) groups is 1. The molecule has 0 fully saturated rings. The van der Waals surface area contributed by atoms with Crippen molar-refractivity contribution >= 4 is 5.97 Å². The van der Waals surface area contributed by atoms with Gasteiger partial charge in [-0.3, -0.25) is 0 Å². The van der Waals surface area contributed by atoms with Crippen molar-refractivity contribution in [1.82, 2.24) is 0 Å². The zero-order chi connectivity index (χ0) is 16.7. The Morgan fingerprint density at radius 3 is 2.19 bits per heavy atom. The molecule has 0 heterocycles. The van der Waals surface area contributed by atoms with Crippen LogP contribution in [0, 0.1) is 11.3 Å². The summed E-state index contributed by atoms with van der Waals surface area (Å²) in [5.74, 6) is -0.434. The van der Waals surface area contributed by atoms with E-state index in [9.17, 15) is 4.79 Å². The molecule has 0 aromatic carbocycles. The summed E-state index contributed by atoms with van der Waals surface area (Å²) in [6.07, 6.45) is 5.60. The van der Waals surface area contributed by atoms with E-state index in [2.05, 4.69) is 13.8 Å². The first-order chi connectivity index (χ1) is 9.58. The molecule has 0 rings (SSSR count). The number of rotatable bonds is 8. The summed E-state index contributed by atoms with van der Waals surface area (Å²) in [5.41, 5.74) is -2.12. The summed E-state index contributed by atoms with van der Waals surface area (Å²) < 4.78 is 20.5. The van der Waals surface area contributed by atoms with Crippen LogP contribution in [-0.2, 0) is 9.53 Å². The van der Waals surface area contributed by atoms with Crippen LogP contribution in [0.5, 0.6) is 0 Å². The van der Waals surface area contributed by atoms with Crippen LogP contribution in [0.2, 0.25) is 0 Å². The van der Waals surface area contributed by atoms with Gasteiger partial charge in [0, 0.05) is 5.41 Å². The second-order valence-corrected chi connectivity index (χ2v) is 7.20. The molecule has 0 aliphatic rings. The summed E-state index contributed by atoms with van der Waals surface area (Å²) >= 11 is 0. The number of ether oxygens (including phenoxy) is 1. The van der Waals surface area contributed by atoms with Gasteiger partial charge in [-0.15, -0.1) is 0 Å². The summed E-state index contributed by atoms with van der Waals surface area (Å²) in [6.45, 7) is 13.3. The molecule has 0 aliphatic carbocycles. The topological polar surface area (TPSA) is 26.3 Å². The quantitative estimate of drug-likeness (QED) is 0.439. The average Bonchev–Trinajstić information content (AvgIpc) is 2.36. The van der Waals surface area contributed by atoms with Gasteiger partial charge in [0.25, 0.3) is 0 Å². The molecule has 0 N–H and O–H groups in total. The molecule has 0 bridgehead atoms. The van der Waals surface area contributed by atoms with Crippen LogP contribution in [0.1, 0.15) is 74.1 Å². The maximum absolute atomic E-state index is 15.2. The molecule has 2 unspecified atom stereocenters. The highest BCUT2D eigenvalue weighted by atomic mass is 19.1. The molecule has 0 saturated heterocycles. The van der Waals surface area contributed by atoms with Gasteiger partial charge in [-0.1, -0.05) is 59.5 Å². The second kappa shape index (κ2) is 8.55. The van der Waals surface area contributed by atoms with Gasteiger partial charge in [-0.25, -0.2) is 9.18 Å². The number of esters is 1. The largest absolute Gasteiger partial charge is 0.463 e. The lowest BCUT2D eigenvalue weighted by molar-refractivity contribution is -0.162. The molecule has 0 aliphatic heterocycles. The Bertz CT molecular complexity index is 351. The van der Waals surface area contributed by atoms with E-state index in [0.29, 0.717) is 12.5 Å². The summed E-state index contributed by atoms with van der Waals surface area (Å²) in [5, 5.41) is 0.